The molecule has 2 rings (SSSR count). The molecule has 0 aromatic rings. The van der Waals surface area contributed by atoms with E-state index in [1.807, 2.05) is 19.1 Å². The van der Waals surface area contributed by atoms with Crippen LogP contribution in [0.5, 0.6) is 0 Å². The van der Waals surface area contributed by atoms with Gasteiger partial charge in [-0.05, 0) is 30.2 Å². The number of fused-ring (bicyclic) bond motifs is 1. The van der Waals surface area contributed by atoms with Crippen molar-refractivity contribution in [2.45, 2.75) is 6.92 Å². The first-order chi connectivity index (χ1) is 5.29. The lowest BCUT2D eigenvalue weighted by Gasteiger charge is -1.96. The molecule has 0 bridgehead atoms. The van der Waals surface area contributed by atoms with Crippen LogP contribution in [-0.4, -0.2) is 0 Å². The van der Waals surface area contributed by atoms with Gasteiger partial charge in [-0.25, -0.2) is 0 Å². The maximum Gasteiger partial charge on any atom is 0.0994 e. The van der Waals surface area contributed by atoms with Crippen LogP contribution in [0, 0.1) is 6.92 Å². The van der Waals surface area contributed by atoms with E-state index < -0.39 is 0 Å². The molecule has 0 amide bonds. The van der Waals surface area contributed by atoms with Gasteiger partial charge in [-0.1, -0.05) is 11.6 Å². The SMILES string of the molecule is Cc1cc(Cl)c2coccc1-2. The summed E-state index contributed by atoms with van der Waals surface area (Å²) in [6.45, 7) is 2.04. The molecule has 1 nitrogen and oxygen atoms in total. The van der Waals surface area contributed by atoms with Crippen LogP contribution in [0.1, 0.15) is 5.56 Å². The average molecular weight is 167 g/mol. The van der Waals surface area contributed by atoms with Crippen LogP contribution in [0.2, 0.25) is 5.02 Å². The molecule has 2 heteroatoms. The Morgan fingerprint density at radius 3 is 2.91 bits per heavy atom. The van der Waals surface area contributed by atoms with Crippen molar-refractivity contribution in [2.24, 2.45) is 0 Å². The lowest BCUT2D eigenvalue weighted by atomic mass is 10.1. The van der Waals surface area contributed by atoms with E-state index in [9.17, 15) is 0 Å². The Morgan fingerprint density at radius 2 is 2.18 bits per heavy atom. The highest BCUT2D eigenvalue weighted by Gasteiger charge is 2.10. The third-order valence-electron chi connectivity index (χ3n) is 1.81. The molecule has 1 aliphatic carbocycles. The van der Waals surface area contributed by atoms with Crippen LogP contribution in [0.4, 0.5) is 0 Å². The second kappa shape index (κ2) is 2.28. The van der Waals surface area contributed by atoms with Gasteiger partial charge >= 0.3 is 0 Å². The van der Waals surface area contributed by atoms with Crippen molar-refractivity contribution in [3.05, 3.63) is 35.2 Å². The normalized spacial score (nSPS) is 10.7. The highest BCUT2D eigenvalue weighted by molar-refractivity contribution is 6.34. The van der Waals surface area contributed by atoms with Crippen molar-refractivity contribution in [1.29, 1.82) is 0 Å². The molecule has 56 valence electrons. The Bertz CT molecular complexity index is 318. The van der Waals surface area contributed by atoms with E-state index in [0.29, 0.717) is 0 Å². The van der Waals surface area contributed by atoms with Gasteiger partial charge in [-0.15, -0.1) is 0 Å². The zero-order chi connectivity index (χ0) is 7.84. The molecular weight excluding hydrogens is 160 g/mol. The summed E-state index contributed by atoms with van der Waals surface area (Å²) >= 11 is 5.92. The summed E-state index contributed by atoms with van der Waals surface area (Å²) in [4.78, 5) is 0. The summed E-state index contributed by atoms with van der Waals surface area (Å²) in [5, 5.41) is 0.766. The molecule has 0 spiro atoms. The number of hydrogen-bond donors (Lipinski definition) is 0. The minimum atomic E-state index is 0.766. The van der Waals surface area contributed by atoms with Crippen LogP contribution >= 0.6 is 11.6 Å². The summed E-state index contributed by atoms with van der Waals surface area (Å²) < 4.78 is 5.00. The maximum absolute atomic E-state index is 5.92. The van der Waals surface area contributed by atoms with E-state index >= 15 is 0 Å². The van der Waals surface area contributed by atoms with Crippen LogP contribution in [0.15, 0.2) is 29.1 Å². The standard InChI is InChI=1S/C9H7ClO/c1-6-4-9(10)8-5-11-3-2-7(6)8/h2-5H,1H3. The second-order valence-corrected chi connectivity index (χ2v) is 2.97. The Morgan fingerprint density at radius 1 is 1.36 bits per heavy atom. The van der Waals surface area contributed by atoms with Gasteiger partial charge in [-0.3, -0.25) is 0 Å². The van der Waals surface area contributed by atoms with E-state index in [2.05, 4.69) is 0 Å². The van der Waals surface area contributed by atoms with Gasteiger partial charge in [0, 0.05) is 5.56 Å². The minimum absolute atomic E-state index is 0.766. The number of halogens is 1. The molecule has 0 aromatic heterocycles. The third kappa shape index (κ3) is 0.925. The fourth-order valence-electron chi connectivity index (χ4n) is 1.24. The van der Waals surface area contributed by atoms with Crippen LogP contribution in [0.3, 0.4) is 0 Å². The molecule has 2 aliphatic rings. The zero-order valence-corrected chi connectivity index (χ0v) is 6.85. The predicted octanol–water partition coefficient (Wildman–Crippen LogP) is 3.35. The van der Waals surface area contributed by atoms with Crippen molar-refractivity contribution in [1.82, 2.24) is 0 Å². The lowest BCUT2D eigenvalue weighted by molar-refractivity contribution is 0.552. The second-order valence-electron chi connectivity index (χ2n) is 2.56. The highest BCUT2D eigenvalue weighted by Crippen LogP contribution is 2.34. The quantitative estimate of drug-likeness (QED) is 0.585. The van der Waals surface area contributed by atoms with E-state index in [0.717, 1.165) is 10.6 Å². The smallest absolute Gasteiger partial charge is 0.0994 e. The topological polar surface area (TPSA) is 13.1 Å². The van der Waals surface area contributed by atoms with Gasteiger partial charge in [0.25, 0.3) is 0 Å². The fraction of sp³-hybridized carbons (Fsp3) is 0.111. The zero-order valence-electron chi connectivity index (χ0n) is 6.10. The molecular formula is C9H7ClO. The first-order valence-corrected chi connectivity index (χ1v) is 3.78. The van der Waals surface area contributed by atoms with Crippen molar-refractivity contribution in [3.63, 3.8) is 0 Å². The van der Waals surface area contributed by atoms with E-state index in [4.69, 9.17) is 16.0 Å². The van der Waals surface area contributed by atoms with Gasteiger partial charge < -0.3 is 4.42 Å². The van der Waals surface area contributed by atoms with Gasteiger partial charge in [0.1, 0.15) is 0 Å². The Labute approximate surface area is 69.9 Å². The molecule has 1 aliphatic heterocycles. The molecule has 11 heavy (non-hydrogen) atoms. The molecule has 0 atom stereocenters. The Balaban J connectivity index is 2.81. The number of rotatable bonds is 0. The number of aryl methyl sites for hydroxylation is 1. The largest absolute Gasteiger partial charge is 0.472 e. The highest BCUT2D eigenvalue weighted by atomic mass is 35.5. The third-order valence-corrected chi connectivity index (χ3v) is 2.13. The van der Waals surface area contributed by atoms with Crippen molar-refractivity contribution in [2.75, 3.05) is 0 Å². The minimum Gasteiger partial charge on any atom is -0.472 e. The van der Waals surface area contributed by atoms with Crippen molar-refractivity contribution in [3.8, 4) is 11.1 Å². The molecule has 0 N–H and O–H groups in total. The molecule has 1 heterocycles. The van der Waals surface area contributed by atoms with E-state index in [-0.39, 0.29) is 0 Å². The summed E-state index contributed by atoms with van der Waals surface area (Å²) in [6.07, 6.45) is 3.33. The molecule has 0 unspecified atom stereocenters. The van der Waals surface area contributed by atoms with Gasteiger partial charge in [0.2, 0.25) is 0 Å². The van der Waals surface area contributed by atoms with Gasteiger partial charge in [-0.2, -0.15) is 0 Å². The van der Waals surface area contributed by atoms with E-state index in [1.54, 1.807) is 12.5 Å². The summed E-state index contributed by atoms with van der Waals surface area (Å²) in [5.41, 5.74) is 3.36. The molecule has 0 aromatic carbocycles. The predicted molar refractivity (Wildman–Crippen MR) is 45.1 cm³/mol. The Hall–Kier alpha value is -0.950. The summed E-state index contributed by atoms with van der Waals surface area (Å²) in [6, 6.07) is 3.87. The number of hydrogen-bond acceptors (Lipinski definition) is 1. The molecule has 0 radical (unpaired) electrons. The fourth-order valence-corrected chi connectivity index (χ4v) is 1.55. The average Bonchev–Trinajstić information content (AvgIpc) is 2.30. The van der Waals surface area contributed by atoms with Gasteiger partial charge in [0.05, 0.1) is 17.5 Å². The van der Waals surface area contributed by atoms with Crippen LogP contribution < -0.4 is 0 Å². The lowest BCUT2D eigenvalue weighted by Crippen LogP contribution is -1.73. The molecule has 0 saturated heterocycles. The van der Waals surface area contributed by atoms with Gasteiger partial charge in [0.15, 0.2) is 0 Å². The monoisotopic (exact) mass is 166 g/mol. The summed E-state index contributed by atoms with van der Waals surface area (Å²) in [7, 11) is 0. The maximum atomic E-state index is 5.92. The van der Waals surface area contributed by atoms with E-state index in [1.165, 1.54) is 11.1 Å². The Kier molecular flexibility index (Phi) is 1.40. The first kappa shape index (κ1) is 6.74. The van der Waals surface area contributed by atoms with Crippen molar-refractivity contribution < 1.29 is 4.42 Å². The van der Waals surface area contributed by atoms with Crippen LogP contribution in [0.25, 0.3) is 11.1 Å². The van der Waals surface area contributed by atoms with Crippen LogP contribution in [-0.2, 0) is 0 Å². The van der Waals surface area contributed by atoms with Crippen molar-refractivity contribution >= 4 is 11.6 Å². The molecule has 0 fully saturated rings. The molecule has 0 saturated carbocycles. The first-order valence-electron chi connectivity index (χ1n) is 3.40. The summed E-state index contributed by atoms with van der Waals surface area (Å²) in [5.74, 6) is 0.